The van der Waals surface area contributed by atoms with Crippen molar-refractivity contribution < 1.29 is 0 Å². The predicted molar refractivity (Wildman–Crippen MR) is 77.9 cm³/mol. The highest BCUT2D eigenvalue weighted by Crippen LogP contribution is 2.14. The maximum Gasteiger partial charge on any atom is 0.204 e. The third kappa shape index (κ3) is 3.48. The minimum absolute atomic E-state index is 0.553. The van der Waals surface area contributed by atoms with Crippen LogP contribution in [0.4, 0.5) is 5.95 Å². The van der Waals surface area contributed by atoms with E-state index in [1.54, 1.807) is 0 Å². The molecule has 1 heterocycles. The number of rotatable bonds is 7. The molecule has 0 aliphatic rings. The summed E-state index contributed by atoms with van der Waals surface area (Å²) in [6, 6.07) is 0.553. The molecule has 0 aliphatic heterocycles. The molecule has 1 unspecified atom stereocenters. The van der Waals surface area contributed by atoms with Gasteiger partial charge in [0.2, 0.25) is 5.95 Å². The number of imidazole rings is 1. The summed E-state index contributed by atoms with van der Waals surface area (Å²) in [4.78, 5) is 6.46. The molecule has 0 radical (unpaired) electrons. The first-order valence-corrected chi connectivity index (χ1v) is 6.92. The summed E-state index contributed by atoms with van der Waals surface area (Å²) in [6.07, 6.45) is 4.43. The van der Waals surface area contributed by atoms with Crippen LogP contribution in [0.5, 0.6) is 0 Å². The molecule has 0 fully saturated rings. The topological polar surface area (TPSA) is 33.1 Å². The molecular formula is C14H28N4. The van der Waals surface area contributed by atoms with Crippen molar-refractivity contribution in [3.63, 3.8) is 0 Å². The van der Waals surface area contributed by atoms with Gasteiger partial charge in [-0.25, -0.2) is 4.98 Å². The van der Waals surface area contributed by atoms with Crippen LogP contribution in [0.2, 0.25) is 0 Å². The summed E-state index contributed by atoms with van der Waals surface area (Å²) in [6.45, 7) is 7.69. The normalized spacial score (nSPS) is 13.1. The molecule has 0 saturated heterocycles. The lowest BCUT2D eigenvalue weighted by Crippen LogP contribution is -2.33. The Bertz CT molecular complexity index is 353. The average molecular weight is 252 g/mol. The first kappa shape index (κ1) is 15.0. The van der Waals surface area contributed by atoms with Gasteiger partial charge in [-0.05, 0) is 12.8 Å². The van der Waals surface area contributed by atoms with E-state index in [0.717, 1.165) is 18.4 Å². The van der Waals surface area contributed by atoms with E-state index in [4.69, 9.17) is 0 Å². The molecule has 1 aromatic heterocycles. The van der Waals surface area contributed by atoms with Crippen LogP contribution in [-0.4, -0.2) is 29.7 Å². The zero-order chi connectivity index (χ0) is 13.7. The van der Waals surface area contributed by atoms with Gasteiger partial charge in [0.1, 0.15) is 0 Å². The summed E-state index contributed by atoms with van der Waals surface area (Å²) in [5.41, 5.74) is 1.23. The summed E-state index contributed by atoms with van der Waals surface area (Å²) < 4.78 is 2.15. The van der Waals surface area contributed by atoms with E-state index in [-0.39, 0.29) is 0 Å². The molecule has 1 aromatic rings. The highest BCUT2D eigenvalue weighted by molar-refractivity contribution is 5.30. The lowest BCUT2D eigenvalue weighted by atomic mass is 9.95. The molecule has 0 amide bonds. The number of anilines is 1. The van der Waals surface area contributed by atoms with Gasteiger partial charge in [-0.3, -0.25) is 0 Å². The predicted octanol–water partition coefficient (Wildman–Crippen LogP) is 2.40. The second-order valence-corrected chi connectivity index (χ2v) is 5.25. The third-order valence-corrected chi connectivity index (χ3v) is 3.82. The Morgan fingerprint density at radius 1 is 1.33 bits per heavy atom. The second kappa shape index (κ2) is 6.78. The van der Waals surface area contributed by atoms with E-state index in [1.807, 2.05) is 25.2 Å². The van der Waals surface area contributed by atoms with Crippen molar-refractivity contribution in [2.24, 2.45) is 13.0 Å². The molecule has 0 saturated carbocycles. The number of hydrogen-bond acceptors (Lipinski definition) is 3. The van der Waals surface area contributed by atoms with Crippen molar-refractivity contribution >= 4 is 5.95 Å². The van der Waals surface area contributed by atoms with E-state index < -0.39 is 0 Å². The van der Waals surface area contributed by atoms with Gasteiger partial charge in [0, 0.05) is 33.7 Å². The zero-order valence-electron chi connectivity index (χ0n) is 12.7. The van der Waals surface area contributed by atoms with Crippen molar-refractivity contribution in [3.05, 3.63) is 11.9 Å². The Labute approximate surface area is 111 Å². The molecule has 1 N–H and O–H groups in total. The molecule has 1 atom stereocenters. The lowest BCUT2D eigenvalue weighted by Gasteiger charge is -2.22. The van der Waals surface area contributed by atoms with Crippen molar-refractivity contribution in [1.82, 2.24) is 14.9 Å². The largest absolute Gasteiger partial charge is 0.348 e. The highest BCUT2D eigenvalue weighted by Gasteiger charge is 2.14. The average Bonchev–Trinajstić information content (AvgIpc) is 2.69. The highest BCUT2D eigenvalue weighted by atomic mass is 15.3. The quantitative estimate of drug-likeness (QED) is 0.809. The maximum absolute atomic E-state index is 4.43. The van der Waals surface area contributed by atoms with Crippen molar-refractivity contribution in [2.45, 2.75) is 46.2 Å². The molecule has 0 aliphatic carbocycles. The van der Waals surface area contributed by atoms with E-state index >= 15 is 0 Å². The molecule has 0 aromatic carbocycles. The van der Waals surface area contributed by atoms with Crippen LogP contribution in [0.3, 0.4) is 0 Å². The summed E-state index contributed by atoms with van der Waals surface area (Å²) >= 11 is 0. The van der Waals surface area contributed by atoms with Gasteiger partial charge in [-0.2, -0.15) is 0 Å². The zero-order valence-corrected chi connectivity index (χ0v) is 12.7. The van der Waals surface area contributed by atoms with Crippen LogP contribution < -0.4 is 10.2 Å². The Balaban J connectivity index is 2.58. The van der Waals surface area contributed by atoms with E-state index in [1.165, 1.54) is 18.5 Å². The second-order valence-electron chi connectivity index (χ2n) is 5.25. The summed E-state index contributed by atoms with van der Waals surface area (Å²) in [5, 5.41) is 3.61. The number of nitrogens with zero attached hydrogens (tertiary/aromatic N) is 3. The first-order chi connectivity index (χ1) is 8.51. The summed E-state index contributed by atoms with van der Waals surface area (Å²) in [7, 11) is 6.11. The minimum Gasteiger partial charge on any atom is -0.348 e. The number of hydrogen-bond donors (Lipinski definition) is 1. The lowest BCUT2D eigenvalue weighted by molar-refractivity contribution is 0.350. The monoisotopic (exact) mass is 252 g/mol. The Morgan fingerprint density at radius 3 is 2.39 bits per heavy atom. The molecule has 0 spiro atoms. The van der Waals surface area contributed by atoms with Crippen molar-refractivity contribution in [2.75, 3.05) is 19.0 Å². The SMILES string of the molecule is CCC(CC)C(C)NCc1cnc(N(C)C)n1C. The molecule has 104 valence electrons. The number of nitrogens with one attached hydrogen (secondary N) is 1. The van der Waals surface area contributed by atoms with Gasteiger partial charge in [0.25, 0.3) is 0 Å². The molecule has 18 heavy (non-hydrogen) atoms. The maximum atomic E-state index is 4.43. The van der Waals surface area contributed by atoms with Crippen LogP contribution in [0, 0.1) is 5.92 Å². The van der Waals surface area contributed by atoms with Gasteiger partial charge in [0.15, 0.2) is 0 Å². The van der Waals surface area contributed by atoms with Crippen LogP contribution in [-0.2, 0) is 13.6 Å². The van der Waals surface area contributed by atoms with Gasteiger partial charge in [0.05, 0.1) is 11.9 Å². The van der Waals surface area contributed by atoms with Crippen LogP contribution in [0.25, 0.3) is 0 Å². The van der Waals surface area contributed by atoms with Crippen molar-refractivity contribution in [1.29, 1.82) is 0 Å². The van der Waals surface area contributed by atoms with Crippen LogP contribution in [0.15, 0.2) is 6.20 Å². The van der Waals surface area contributed by atoms with Gasteiger partial charge < -0.3 is 14.8 Å². The molecule has 4 nitrogen and oxygen atoms in total. The fourth-order valence-corrected chi connectivity index (χ4v) is 2.44. The summed E-state index contributed by atoms with van der Waals surface area (Å²) in [5.74, 6) is 1.76. The van der Waals surface area contributed by atoms with Crippen LogP contribution >= 0.6 is 0 Å². The molecular weight excluding hydrogens is 224 g/mol. The Kier molecular flexibility index (Phi) is 5.66. The Hall–Kier alpha value is -1.03. The van der Waals surface area contributed by atoms with Gasteiger partial charge >= 0.3 is 0 Å². The molecule has 0 bridgehead atoms. The fourth-order valence-electron chi connectivity index (χ4n) is 2.44. The van der Waals surface area contributed by atoms with Gasteiger partial charge in [-0.15, -0.1) is 0 Å². The standard InChI is InChI=1S/C14H28N4/c1-7-12(8-2)11(3)15-9-13-10-16-14(17(4)5)18(13)6/h10-12,15H,7-9H2,1-6H3. The Morgan fingerprint density at radius 2 is 1.94 bits per heavy atom. The molecule has 4 heteroatoms. The van der Waals surface area contributed by atoms with E-state index in [0.29, 0.717) is 6.04 Å². The third-order valence-electron chi connectivity index (χ3n) is 3.82. The smallest absolute Gasteiger partial charge is 0.204 e. The fraction of sp³-hybridized carbons (Fsp3) is 0.786. The molecule has 1 rings (SSSR count). The van der Waals surface area contributed by atoms with E-state index in [2.05, 4.69) is 42.7 Å². The minimum atomic E-state index is 0.553. The first-order valence-electron chi connectivity index (χ1n) is 6.92. The van der Waals surface area contributed by atoms with Crippen molar-refractivity contribution in [3.8, 4) is 0 Å². The van der Waals surface area contributed by atoms with E-state index in [9.17, 15) is 0 Å². The van der Waals surface area contributed by atoms with Crippen LogP contribution in [0.1, 0.15) is 39.3 Å². The van der Waals surface area contributed by atoms with Gasteiger partial charge in [-0.1, -0.05) is 26.7 Å². The number of aromatic nitrogens is 2.